The lowest BCUT2D eigenvalue weighted by atomic mass is 10.3. The van der Waals surface area contributed by atoms with E-state index in [0.29, 0.717) is 24.3 Å². The molecule has 0 saturated heterocycles. The Morgan fingerprint density at radius 1 is 1.26 bits per heavy atom. The van der Waals surface area contributed by atoms with Gasteiger partial charge >= 0.3 is 0 Å². The molecule has 1 N–H and O–H groups in total. The average Bonchev–Trinajstić information content (AvgIpc) is 3.32. The van der Waals surface area contributed by atoms with Crippen molar-refractivity contribution in [3.8, 4) is 0 Å². The lowest BCUT2D eigenvalue weighted by Gasteiger charge is -2.19. The molecule has 4 heterocycles. The van der Waals surface area contributed by atoms with Crippen molar-refractivity contribution < 1.29 is 4.79 Å². The highest BCUT2D eigenvalue weighted by atomic mass is 32.1. The van der Waals surface area contributed by atoms with Crippen LogP contribution in [0.4, 0.5) is 0 Å². The van der Waals surface area contributed by atoms with Crippen LogP contribution in [0.5, 0.6) is 0 Å². The number of nitrogens with zero attached hydrogens (tertiary/aromatic N) is 3. The summed E-state index contributed by atoms with van der Waals surface area (Å²) in [6.07, 6.45) is 0.925. The number of nitrogens with one attached hydrogen (secondary N) is 1. The van der Waals surface area contributed by atoms with Crippen molar-refractivity contribution in [2.75, 3.05) is 6.54 Å². The Balaban J connectivity index is 1.49. The topological polar surface area (TPSA) is 67.2 Å². The zero-order valence-electron chi connectivity index (χ0n) is 14.8. The van der Waals surface area contributed by atoms with Gasteiger partial charge in [0.25, 0.3) is 11.5 Å². The zero-order valence-corrected chi connectivity index (χ0v) is 16.4. The summed E-state index contributed by atoms with van der Waals surface area (Å²) in [5.41, 5.74) is 1.19. The quantitative estimate of drug-likeness (QED) is 0.715. The summed E-state index contributed by atoms with van der Waals surface area (Å²) >= 11 is 3.22. The lowest BCUT2D eigenvalue weighted by molar-refractivity contribution is 0.0950. The maximum atomic E-state index is 12.5. The van der Waals surface area contributed by atoms with E-state index in [2.05, 4.69) is 32.7 Å². The van der Waals surface area contributed by atoms with Gasteiger partial charge in [-0.25, -0.2) is 4.98 Å². The van der Waals surface area contributed by atoms with Crippen molar-refractivity contribution in [2.24, 2.45) is 0 Å². The molecule has 4 rings (SSSR count). The van der Waals surface area contributed by atoms with Crippen molar-refractivity contribution >= 4 is 28.6 Å². The van der Waals surface area contributed by atoms with Gasteiger partial charge in [0.05, 0.1) is 18.8 Å². The fourth-order valence-corrected chi connectivity index (χ4v) is 4.59. The molecule has 0 bridgehead atoms. The third-order valence-electron chi connectivity index (χ3n) is 4.53. The van der Waals surface area contributed by atoms with Crippen LogP contribution in [0, 0.1) is 0 Å². The number of hydrogen-bond donors (Lipinski definition) is 1. The highest BCUT2D eigenvalue weighted by Gasteiger charge is 2.18. The number of amides is 1. The standard InChI is InChI=1S/C19H20N4O2S2/c24-18-9-15(10-20-19(25)14-4-8-26-13-14)21-17-12-22(5-2-6-23(17)18)11-16-3-1-7-27-16/h1,3-4,7-9,13H,2,5-6,10-12H2,(H,20,25). The molecule has 0 atom stereocenters. The third kappa shape index (κ3) is 4.35. The van der Waals surface area contributed by atoms with Gasteiger partial charge in [0.1, 0.15) is 5.82 Å². The van der Waals surface area contributed by atoms with E-state index in [-0.39, 0.29) is 18.0 Å². The summed E-state index contributed by atoms with van der Waals surface area (Å²) in [5.74, 6) is 0.628. The summed E-state index contributed by atoms with van der Waals surface area (Å²) < 4.78 is 1.76. The SMILES string of the molecule is O=C(NCc1cc(=O)n2c(n1)CN(Cc1cccs1)CCC2)c1ccsc1. The Hall–Kier alpha value is -2.29. The molecule has 1 aliphatic rings. The molecule has 0 saturated carbocycles. The second-order valence-corrected chi connectivity index (χ2v) is 8.30. The van der Waals surface area contributed by atoms with Crippen LogP contribution in [-0.4, -0.2) is 26.9 Å². The van der Waals surface area contributed by atoms with Crippen molar-refractivity contribution in [3.63, 3.8) is 0 Å². The van der Waals surface area contributed by atoms with Gasteiger partial charge in [0.2, 0.25) is 0 Å². The first-order valence-corrected chi connectivity index (χ1v) is 10.7. The highest BCUT2D eigenvalue weighted by molar-refractivity contribution is 7.09. The van der Waals surface area contributed by atoms with Crippen molar-refractivity contribution in [3.05, 3.63) is 72.7 Å². The Kier molecular flexibility index (Phi) is 5.47. The zero-order chi connectivity index (χ0) is 18.6. The van der Waals surface area contributed by atoms with E-state index in [9.17, 15) is 9.59 Å². The number of aromatic nitrogens is 2. The number of carbonyl (C=O) groups excluding carboxylic acids is 1. The molecular formula is C19H20N4O2S2. The van der Waals surface area contributed by atoms with Crippen LogP contribution in [0.3, 0.4) is 0 Å². The smallest absolute Gasteiger partial charge is 0.253 e. The molecule has 0 aliphatic carbocycles. The number of carbonyl (C=O) groups is 1. The highest BCUT2D eigenvalue weighted by Crippen LogP contribution is 2.16. The maximum absolute atomic E-state index is 12.5. The molecule has 27 heavy (non-hydrogen) atoms. The molecule has 3 aromatic rings. The Bertz CT molecular complexity index is 964. The van der Waals surface area contributed by atoms with Crippen molar-refractivity contribution in [1.82, 2.24) is 19.8 Å². The summed E-state index contributed by atoms with van der Waals surface area (Å²) in [4.78, 5) is 33.0. The minimum Gasteiger partial charge on any atom is -0.346 e. The number of thiophene rings is 2. The lowest BCUT2D eigenvalue weighted by Crippen LogP contribution is -2.29. The number of hydrogen-bond acceptors (Lipinski definition) is 6. The van der Waals surface area contributed by atoms with Gasteiger partial charge in [0, 0.05) is 41.5 Å². The van der Waals surface area contributed by atoms with Gasteiger partial charge in [-0.1, -0.05) is 6.07 Å². The van der Waals surface area contributed by atoms with Crippen LogP contribution in [0.25, 0.3) is 0 Å². The van der Waals surface area contributed by atoms with Gasteiger partial charge in [-0.2, -0.15) is 11.3 Å². The van der Waals surface area contributed by atoms with Crippen LogP contribution in [0.2, 0.25) is 0 Å². The average molecular weight is 401 g/mol. The predicted molar refractivity (Wildman–Crippen MR) is 107 cm³/mol. The van der Waals surface area contributed by atoms with Crippen LogP contribution in [-0.2, 0) is 26.2 Å². The summed E-state index contributed by atoms with van der Waals surface area (Å²) in [7, 11) is 0. The molecule has 0 spiro atoms. The van der Waals surface area contributed by atoms with Crippen molar-refractivity contribution in [2.45, 2.75) is 32.6 Å². The molecule has 0 unspecified atom stereocenters. The summed E-state index contributed by atoms with van der Waals surface area (Å²) in [6, 6.07) is 7.50. The van der Waals surface area contributed by atoms with Gasteiger partial charge in [-0.15, -0.1) is 11.3 Å². The molecule has 0 fully saturated rings. The van der Waals surface area contributed by atoms with Gasteiger partial charge < -0.3 is 5.32 Å². The van der Waals surface area contributed by atoms with E-state index < -0.39 is 0 Å². The van der Waals surface area contributed by atoms with E-state index in [1.165, 1.54) is 22.3 Å². The van der Waals surface area contributed by atoms with Crippen LogP contribution < -0.4 is 10.9 Å². The van der Waals surface area contributed by atoms with Crippen molar-refractivity contribution in [1.29, 1.82) is 0 Å². The second kappa shape index (κ2) is 8.16. The van der Waals surface area contributed by atoms with Crippen LogP contribution in [0.1, 0.15) is 33.2 Å². The van der Waals surface area contributed by atoms with E-state index >= 15 is 0 Å². The molecule has 3 aromatic heterocycles. The first kappa shape index (κ1) is 18.1. The van der Waals surface area contributed by atoms with E-state index in [0.717, 1.165) is 25.3 Å². The minimum atomic E-state index is -0.146. The Morgan fingerprint density at radius 3 is 2.96 bits per heavy atom. The normalized spacial score (nSPS) is 14.5. The monoisotopic (exact) mass is 400 g/mol. The largest absolute Gasteiger partial charge is 0.346 e. The van der Waals surface area contributed by atoms with Gasteiger partial charge in [-0.05, 0) is 29.3 Å². The van der Waals surface area contributed by atoms with E-state index in [1.54, 1.807) is 27.4 Å². The van der Waals surface area contributed by atoms with E-state index in [1.807, 2.05) is 5.38 Å². The molecule has 1 amide bonds. The number of rotatable bonds is 5. The molecule has 6 nitrogen and oxygen atoms in total. The second-order valence-electron chi connectivity index (χ2n) is 6.49. The molecule has 1 aliphatic heterocycles. The molecule has 0 aromatic carbocycles. The minimum absolute atomic E-state index is 0.0437. The molecule has 8 heteroatoms. The van der Waals surface area contributed by atoms with E-state index in [4.69, 9.17) is 0 Å². The molecule has 140 valence electrons. The van der Waals surface area contributed by atoms with Crippen LogP contribution >= 0.6 is 22.7 Å². The summed E-state index contributed by atoms with van der Waals surface area (Å²) in [5, 5.41) is 8.59. The predicted octanol–water partition coefficient (Wildman–Crippen LogP) is 2.70. The van der Waals surface area contributed by atoms with Gasteiger partial charge in [-0.3, -0.25) is 19.1 Å². The number of fused-ring (bicyclic) bond motifs is 1. The maximum Gasteiger partial charge on any atom is 0.253 e. The first-order valence-electron chi connectivity index (χ1n) is 8.84. The van der Waals surface area contributed by atoms with Gasteiger partial charge in [0.15, 0.2) is 0 Å². The fraction of sp³-hybridized carbons (Fsp3) is 0.316. The molecule has 0 radical (unpaired) electrons. The molecular weight excluding hydrogens is 380 g/mol. The Morgan fingerprint density at radius 2 is 2.19 bits per heavy atom. The first-order chi connectivity index (χ1) is 13.2. The Labute approximate surface area is 165 Å². The third-order valence-corrected chi connectivity index (χ3v) is 6.08. The fourth-order valence-electron chi connectivity index (χ4n) is 3.21. The summed E-state index contributed by atoms with van der Waals surface area (Å²) in [6.45, 7) is 3.38. The van der Waals surface area contributed by atoms with Crippen LogP contribution in [0.15, 0.2) is 45.2 Å².